The second kappa shape index (κ2) is 6.39. The van der Waals surface area contributed by atoms with Crippen LogP contribution in [0.4, 0.5) is 13.2 Å². The van der Waals surface area contributed by atoms with Gasteiger partial charge in [-0.2, -0.15) is 0 Å². The molecule has 0 aliphatic rings. The molecule has 106 valence electrons. The Labute approximate surface area is 122 Å². The predicted octanol–water partition coefficient (Wildman–Crippen LogP) is 3.61. The number of halogens is 4. The highest BCUT2D eigenvalue weighted by molar-refractivity contribution is 9.10. The zero-order chi connectivity index (χ0) is 14.7. The number of benzene rings is 2. The van der Waals surface area contributed by atoms with Crippen LogP contribution in [0.2, 0.25) is 0 Å². The van der Waals surface area contributed by atoms with E-state index >= 15 is 0 Å². The first-order valence-corrected chi connectivity index (χ1v) is 6.66. The molecule has 0 saturated carbocycles. The molecule has 1 unspecified atom stereocenters. The molecule has 0 aromatic heterocycles. The molecule has 0 aliphatic heterocycles. The average molecular weight is 345 g/mol. The summed E-state index contributed by atoms with van der Waals surface area (Å²) < 4.78 is 40.3. The van der Waals surface area contributed by atoms with Crippen molar-refractivity contribution in [2.24, 2.45) is 5.84 Å². The van der Waals surface area contributed by atoms with Gasteiger partial charge in [0.05, 0.1) is 10.5 Å². The largest absolute Gasteiger partial charge is 0.271 e. The number of hydrogen-bond acceptors (Lipinski definition) is 2. The molecule has 6 heteroatoms. The highest BCUT2D eigenvalue weighted by atomic mass is 79.9. The van der Waals surface area contributed by atoms with Crippen LogP contribution in [-0.4, -0.2) is 0 Å². The number of hydrogen-bond donors (Lipinski definition) is 2. The smallest absolute Gasteiger partial charge is 0.137 e. The van der Waals surface area contributed by atoms with Crippen LogP contribution in [0.3, 0.4) is 0 Å². The van der Waals surface area contributed by atoms with Gasteiger partial charge in [-0.3, -0.25) is 11.3 Å². The van der Waals surface area contributed by atoms with Gasteiger partial charge in [-0.25, -0.2) is 13.2 Å². The summed E-state index contributed by atoms with van der Waals surface area (Å²) >= 11 is 3.14. The van der Waals surface area contributed by atoms with E-state index in [9.17, 15) is 13.2 Å². The van der Waals surface area contributed by atoms with Crippen LogP contribution in [0.1, 0.15) is 17.2 Å². The molecule has 0 aliphatic carbocycles. The molecule has 0 spiro atoms. The quantitative estimate of drug-likeness (QED) is 0.656. The summed E-state index contributed by atoms with van der Waals surface area (Å²) in [6, 6.07) is 7.36. The fourth-order valence-electron chi connectivity index (χ4n) is 1.96. The van der Waals surface area contributed by atoms with Crippen molar-refractivity contribution in [1.29, 1.82) is 0 Å². The topological polar surface area (TPSA) is 38.0 Å². The fourth-order valence-corrected chi connectivity index (χ4v) is 2.50. The molecular formula is C14H12BrF3N2. The molecule has 0 heterocycles. The standard InChI is InChI=1S/C14H12BrF3N2/c15-14-10(2-1-3-11(14)17)13(20-19)6-8-4-5-9(16)7-12(8)18/h1-5,7,13,20H,6,19H2. The molecule has 0 saturated heterocycles. The molecule has 2 aromatic rings. The van der Waals surface area contributed by atoms with Gasteiger partial charge in [0.2, 0.25) is 0 Å². The summed E-state index contributed by atoms with van der Waals surface area (Å²) in [5.41, 5.74) is 3.38. The minimum atomic E-state index is -0.655. The Kier molecular flexibility index (Phi) is 4.80. The van der Waals surface area contributed by atoms with E-state index in [2.05, 4.69) is 21.4 Å². The van der Waals surface area contributed by atoms with Gasteiger partial charge in [-0.05, 0) is 45.6 Å². The third-order valence-electron chi connectivity index (χ3n) is 3.00. The van der Waals surface area contributed by atoms with Crippen LogP contribution in [0.15, 0.2) is 40.9 Å². The second-order valence-electron chi connectivity index (χ2n) is 4.30. The summed E-state index contributed by atoms with van der Waals surface area (Å²) in [5.74, 6) is 3.74. The van der Waals surface area contributed by atoms with E-state index in [0.29, 0.717) is 11.1 Å². The van der Waals surface area contributed by atoms with Gasteiger partial charge in [-0.1, -0.05) is 18.2 Å². The van der Waals surface area contributed by atoms with Crippen molar-refractivity contribution < 1.29 is 13.2 Å². The number of hydrazine groups is 1. The van der Waals surface area contributed by atoms with Crippen LogP contribution in [-0.2, 0) is 6.42 Å². The van der Waals surface area contributed by atoms with Crippen molar-refractivity contribution in [1.82, 2.24) is 5.43 Å². The molecule has 0 bridgehead atoms. The summed E-state index contributed by atoms with van der Waals surface area (Å²) in [5, 5.41) is 0. The maximum atomic E-state index is 13.6. The summed E-state index contributed by atoms with van der Waals surface area (Å²) in [7, 11) is 0. The van der Waals surface area contributed by atoms with E-state index in [-0.39, 0.29) is 10.9 Å². The van der Waals surface area contributed by atoms with Crippen LogP contribution in [0, 0.1) is 17.5 Å². The first kappa shape index (κ1) is 15.0. The van der Waals surface area contributed by atoms with Crippen LogP contribution < -0.4 is 11.3 Å². The molecule has 20 heavy (non-hydrogen) atoms. The number of nitrogens with two attached hydrogens (primary N) is 1. The summed E-state index contributed by atoms with van der Waals surface area (Å²) in [6.07, 6.45) is 0.171. The highest BCUT2D eigenvalue weighted by Gasteiger charge is 2.17. The molecule has 2 nitrogen and oxygen atoms in total. The van der Waals surface area contributed by atoms with Gasteiger partial charge < -0.3 is 0 Å². The van der Waals surface area contributed by atoms with E-state index in [1.54, 1.807) is 12.1 Å². The highest BCUT2D eigenvalue weighted by Crippen LogP contribution is 2.28. The molecule has 3 N–H and O–H groups in total. The first-order valence-electron chi connectivity index (χ1n) is 5.87. The van der Waals surface area contributed by atoms with Crippen LogP contribution in [0.5, 0.6) is 0 Å². The maximum absolute atomic E-state index is 13.6. The number of rotatable bonds is 4. The van der Waals surface area contributed by atoms with Crippen molar-refractivity contribution in [3.05, 3.63) is 69.4 Å². The SMILES string of the molecule is NNC(Cc1ccc(F)cc1F)c1cccc(F)c1Br. The van der Waals surface area contributed by atoms with Gasteiger partial charge in [0.25, 0.3) is 0 Å². The van der Waals surface area contributed by atoms with Crippen molar-refractivity contribution in [2.45, 2.75) is 12.5 Å². The summed E-state index contributed by atoms with van der Waals surface area (Å²) in [6.45, 7) is 0. The lowest BCUT2D eigenvalue weighted by Crippen LogP contribution is -2.30. The third kappa shape index (κ3) is 3.20. The average Bonchev–Trinajstić information content (AvgIpc) is 2.42. The van der Waals surface area contributed by atoms with Crippen molar-refractivity contribution in [3.63, 3.8) is 0 Å². The lowest BCUT2D eigenvalue weighted by molar-refractivity contribution is 0.516. The van der Waals surface area contributed by atoms with E-state index in [0.717, 1.165) is 6.07 Å². The van der Waals surface area contributed by atoms with Crippen LogP contribution in [0.25, 0.3) is 0 Å². The Bertz CT molecular complexity index is 619. The van der Waals surface area contributed by atoms with Crippen LogP contribution >= 0.6 is 15.9 Å². The Balaban J connectivity index is 2.31. The molecular weight excluding hydrogens is 333 g/mol. The Morgan fingerprint density at radius 2 is 1.85 bits per heavy atom. The van der Waals surface area contributed by atoms with E-state index in [4.69, 9.17) is 5.84 Å². The fraction of sp³-hybridized carbons (Fsp3) is 0.143. The lowest BCUT2D eigenvalue weighted by atomic mass is 9.99. The van der Waals surface area contributed by atoms with Gasteiger partial charge in [0.15, 0.2) is 0 Å². The van der Waals surface area contributed by atoms with Gasteiger partial charge >= 0.3 is 0 Å². The van der Waals surface area contributed by atoms with Gasteiger partial charge in [-0.15, -0.1) is 0 Å². The predicted molar refractivity (Wildman–Crippen MR) is 74.2 cm³/mol. The van der Waals surface area contributed by atoms with Crippen molar-refractivity contribution >= 4 is 15.9 Å². The van der Waals surface area contributed by atoms with Crippen molar-refractivity contribution in [3.8, 4) is 0 Å². The van der Waals surface area contributed by atoms with Gasteiger partial charge in [0, 0.05) is 6.07 Å². The van der Waals surface area contributed by atoms with E-state index < -0.39 is 23.5 Å². The lowest BCUT2D eigenvalue weighted by Gasteiger charge is -2.18. The second-order valence-corrected chi connectivity index (χ2v) is 5.10. The van der Waals surface area contributed by atoms with E-state index in [1.165, 1.54) is 18.2 Å². The summed E-state index contributed by atoms with van der Waals surface area (Å²) in [4.78, 5) is 0. The molecule has 1 atom stereocenters. The molecule has 2 aromatic carbocycles. The van der Waals surface area contributed by atoms with E-state index in [1.807, 2.05) is 0 Å². The Hall–Kier alpha value is -1.37. The van der Waals surface area contributed by atoms with Crippen molar-refractivity contribution in [2.75, 3.05) is 0 Å². The maximum Gasteiger partial charge on any atom is 0.137 e. The Morgan fingerprint density at radius 3 is 2.50 bits per heavy atom. The minimum absolute atomic E-state index is 0.171. The molecule has 2 rings (SSSR count). The zero-order valence-corrected chi connectivity index (χ0v) is 11.9. The molecule has 0 radical (unpaired) electrons. The monoisotopic (exact) mass is 344 g/mol. The van der Waals surface area contributed by atoms with Gasteiger partial charge in [0.1, 0.15) is 17.5 Å². The zero-order valence-electron chi connectivity index (χ0n) is 10.3. The third-order valence-corrected chi connectivity index (χ3v) is 3.83. The Morgan fingerprint density at radius 1 is 1.10 bits per heavy atom. The number of nitrogens with one attached hydrogen (secondary N) is 1. The normalized spacial score (nSPS) is 12.4. The first-order chi connectivity index (χ1) is 9.52. The molecule has 0 fully saturated rings. The molecule has 0 amide bonds. The minimum Gasteiger partial charge on any atom is -0.271 e.